The number of carbonyl (C=O) groups excluding carboxylic acids is 3. The van der Waals surface area contributed by atoms with E-state index >= 15 is 0 Å². The van der Waals surface area contributed by atoms with Gasteiger partial charge < -0.3 is 15.8 Å². The molecule has 1 heterocycles. The summed E-state index contributed by atoms with van der Waals surface area (Å²) in [6, 6.07) is -0.522. The molecule has 1 aliphatic heterocycles. The molecule has 0 aliphatic carbocycles. The molecular weight excluding hydrogens is 248 g/mol. The second-order valence-electron chi connectivity index (χ2n) is 4.96. The van der Waals surface area contributed by atoms with Crippen molar-refractivity contribution in [3.63, 3.8) is 0 Å². The Hall–Kier alpha value is -1.43. The van der Waals surface area contributed by atoms with Crippen LogP contribution in [-0.2, 0) is 19.1 Å². The average molecular weight is 270 g/mol. The molecule has 0 bridgehead atoms. The summed E-state index contributed by atoms with van der Waals surface area (Å²) in [5, 5.41) is 2.70. The van der Waals surface area contributed by atoms with Gasteiger partial charge >= 0.3 is 0 Å². The van der Waals surface area contributed by atoms with Crippen LogP contribution in [0.5, 0.6) is 0 Å². The minimum Gasteiger partial charge on any atom is -0.369 e. The topological polar surface area (TPSA) is 98.5 Å². The number of nitrogens with two attached hydrogens (primary N) is 1. The number of ketones is 1. The molecule has 2 amide bonds. The van der Waals surface area contributed by atoms with E-state index < -0.39 is 6.04 Å². The van der Waals surface area contributed by atoms with Gasteiger partial charge in [-0.1, -0.05) is 13.8 Å². The number of amides is 2. The van der Waals surface area contributed by atoms with E-state index in [9.17, 15) is 14.4 Å². The highest BCUT2D eigenvalue weighted by molar-refractivity contribution is 5.91. The van der Waals surface area contributed by atoms with Crippen molar-refractivity contribution in [2.75, 3.05) is 6.61 Å². The van der Waals surface area contributed by atoms with Crippen molar-refractivity contribution < 1.29 is 19.1 Å². The van der Waals surface area contributed by atoms with Gasteiger partial charge in [-0.15, -0.1) is 0 Å². The van der Waals surface area contributed by atoms with Crippen molar-refractivity contribution in [2.45, 2.75) is 51.7 Å². The Morgan fingerprint density at radius 3 is 2.79 bits per heavy atom. The monoisotopic (exact) mass is 270 g/mol. The fourth-order valence-corrected chi connectivity index (χ4v) is 2.07. The summed E-state index contributed by atoms with van der Waals surface area (Å²) in [6.07, 6.45) is 1.91. The number of carbonyl (C=O) groups is 3. The molecule has 0 spiro atoms. The van der Waals surface area contributed by atoms with E-state index in [1.54, 1.807) is 6.92 Å². The lowest BCUT2D eigenvalue weighted by Gasteiger charge is -2.17. The molecule has 2 unspecified atom stereocenters. The van der Waals surface area contributed by atoms with Crippen LogP contribution in [0.15, 0.2) is 0 Å². The first-order valence-corrected chi connectivity index (χ1v) is 6.68. The van der Waals surface area contributed by atoms with Gasteiger partial charge in [0.05, 0.1) is 6.10 Å². The molecule has 0 saturated carbocycles. The van der Waals surface area contributed by atoms with E-state index in [-0.39, 0.29) is 42.6 Å². The quantitative estimate of drug-likeness (QED) is 0.687. The lowest BCUT2D eigenvalue weighted by molar-refractivity contribution is -0.126. The lowest BCUT2D eigenvalue weighted by Crippen LogP contribution is -2.44. The molecule has 6 heteroatoms. The highest BCUT2D eigenvalue weighted by Crippen LogP contribution is 2.14. The van der Waals surface area contributed by atoms with Crippen LogP contribution in [0.4, 0.5) is 0 Å². The molecule has 0 aromatic carbocycles. The molecule has 6 nitrogen and oxygen atoms in total. The third-order valence-corrected chi connectivity index (χ3v) is 3.40. The van der Waals surface area contributed by atoms with Gasteiger partial charge in [0.25, 0.3) is 0 Å². The molecule has 0 aromatic heterocycles. The summed E-state index contributed by atoms with van der Waals surface area (Å²) < 4.78 is 5.28. The smallest absolute Gasteiger partial charge is 0.220 e. The highest BCUT2D eigenvalue weighted by atomic mass is 16.5. The molecule has 3 atom stereocenters. The van der Waals surface area contributed by atoms with Gasteiger partial charge in [-0.2, -0.15) is 0 Å². The molecule has 0 radical (unpaired) electrons. The van der Waals surface area contributed by atoms with E-state index in [0.29, 0.717) is 19.3 Å². The Bertz CT molecular complexity index is 357. The molecule has 0 aromatic rings. The number of hydrogen-bond donors (Lipinski definition) is 2. The first-order chi connectivity index (χ1) is 8.95. The molecule has 1 saturated heterocycles. The molecule has 3 N–H and O–H groups in total. The Morgan fingerprint density at radius 1 is 1.53 bits per heavy atom. The third kappa shape index (κ3) is 4.63. The maximum Gasteiger partial charge on any atom is 0.220 e. The van der Waals surface area contributed by atoms with Crippen molar-refractivity contribution in [1.82, 2.24) is 5.32 Å². The van der Waals surface area contributed by atoms with Crippen LogP contribution in [0.1, 0.15) is 39.5 Å². The Kier molecular flexibility index (Phi) is 5.95. The van der Waals surface area contributed by atoms with Crippen LogP contribution in [0.3, 0.4) is 0 Å². The second kappa shape index (κ2) is 7.23. The molecule has 1 fully saturated rings. The maximum absolute atomic E-state index is 11.7. The normalized spacial score (nSPS) is 24.2. The predicted molar refractivity (Wildman–Crippen MR) is 69.2 cm³/mol. The maximum atomic E-state index is 11.7. The molecular formula is C13H22N2O4. The predicted octanol–water partition coefficient (Wildman–Crippen LogP) is 0.141. The molecule has 1 rings (SSSR count). The number of nitrogens with one attached hydrogen (secondary N) is 1. The summed E-state index contributed by atoms with van der Waals surface area (Å²) in [4.78, 5) is 34.1. The Balaban J connectivity index is 2.31. The third-order valence-electron chi connectivity index (χ3n) is 3.40. The number of hydrogen-bond acceptors (Lipinski definition) is 4. The summed E-state index contributed by atoms with van der Waals surface area (Å²) in [6.45, 7) is 3.72. The van der Waals surface area contributed by atoms with Crippen LogP contribution < -0.4 is 11.1 Å². The Morgan fingerprint density at radius 2 is 2.21 bits per heavy atom. The fourth-order valence-electron chi connectivity index (χ4n) is 2.07. The summed E-state index contributed by atoms with van der Waals surface area (Å²) in [7, 11) is 0. The van der Waals surface area contributed by atoms with E-state index in [4.69, 9.17) is 10.5 Å². The summed E-state index contributed by atoms with van der Waals surface area (Å²) >= 11 is 0. The second-order valence-corrected chi connectivity index (χ2v) is 4.96. The fraction of sp³-hybridized carbons (Fsp3) is 0.769. The van der Waals surface area contributed by atoms with Crippen molar-refractivity contribution in [3.8, 4) is 0 Å². The van der Waals surface area contributed by atoms with E-state index in [1.165, 1.54) is 0 Å². The number of ether oxygens (including phenoxy) is 1. The van der Waals surface area contributed by atoms with Gasteiger partial charge in [0.2, 0.25) is 11.8 Å². The average Bonchev–Trinajstić information content (AvgIpc) is 2.70. The van der Waals surface area contributed by atoms with Gasteiger partial charge in [-0.25, -0.2) is 0 Å². The minimum absolute atomic E-state index is 0.0716. The SMILES string of the molecule is CC[C@@H]1OCC(=O)C1NC(=O)CCCC(C)C(N)=O. The van der Waals surface area contributed by atoms with Gasteiger partial charge in [-0.05, 0) is 19.3 Å². The summed E-state index contributed by atoms with van der Waals surface area (Å²) in [5.74, 6) is -0.844. The number of Topliss-reactive ketones (excluding diaryl/α,β-unsaturated/α-hetero) is 1. The highest BCUT2D eigenvalue weighted by Gasteiger charge is 2.35. The van der Waals surface area contributed by atoms with Crippen LogP contribution >= 0.6 is 0 Å². The van der Waals surface area contributed by atoms with E-state index in [0.717, 1.165) is 0 Å². The number of rotatable bonds is 7. The van der Waals surface area contributed by atoms with Gasteiger partial charge in [0.1, 0.15) is 12.6 Å². The first kappa shape index (κ1) is 15.6. The molecule has 19 heavy (non-hydrogen) atoms. The van der Waals surface area contributed by atoms with Crippen molar-refractivity contribution in [1.29, 1.82) is 0 Å². The van der Waals surface area contributed by atoms with Crippen LogP contribution in [0, 0.1) is 5.92 Å². The van der Waals surface area contributed by atoms with Gasteiger partial charge in [0.15, 0.2) is 5.78 Å². The van der Waals surface area contributed by atoms with Crippen molar-refractivity contribution in [2.24, 2.45) is 11.7 Å². The van der Waals surface area contributed by atoms with Crippen LogP contribution in [0.2, 0.25) is 0 Å². The minimum atomic E-state index is -0.522. The van der Waals surface area contributed by atoms with Gasteiger partial charge in [-0.3, -0.25) is 14.4 Å². The van der Waals surface area contributed by atoms with Crippen LogP contribution in [-0.4, -0.2) is 36.4 Å². The lowest BCUT2D eigenvalue weighted by atomic mass is 10.0. The zero-order valence-electron chi connectivity index (χ0n) is 11.5. The summed E-state index contributed by atoms with van der Waals surface area (Å²) in [5.41, 5.74) is 5.14. The van der Waals surface area contributed by atoms with Crippen molar-refractivity contribution in [3.05, 3.63) is 0 Å². The Labute approximate surface area is 113 Å². The van der Waals surface area contributed by atoms with Crippen LogP contribution in [0.25, 0.3) is 0 Å². The standard InChI is InChI=1S/C13H22N2O4/c1-3-10-12(9(16)7-19-10)15-11(17)6-4-5-8(2)13(14)18/h8,10,12H,3-7H2,1-2H3,(H2,14,18)(H,15,17)/t8?,10-,12?/m0/s1. The number of primary amides is 1. The zero-order chi connectivity index (χ0) is 14.4. The van der Waals surface area contributed by atoms with Crippen molar-refractivity contribution >= 4 is 17.6 Å². The molecule has 108 valence electrons. The zero-order valence-corrected chi connectivity index (χ0v) is 11.5. The van der Waals surface area contributed by atoms with E-state index in [2.05, 4.69) is 5.32 Å². The van der Waals surface area contributed by atoms with Gasteiger partial charge in [0, 0.05) is 12.3 Å². The largest absolute Gasteiger partial charge is 0.369 e. The first-order valence-electron chi connectivity index (χ1n) is 6.68. The van der Waals surface area contributed by atoms with E-state index in [1.807, 2.05) is 6.92 Å². The molecule has 1 aliphatic rings.